The van der Waals surface area contributed by atoms with Gasteiger partial charge in [0.2, 0.25) is 0 Å². The van der Waals surface area contributed by atoms with E-state index in [1.165, 1.54) is 6.20 Å². The van der Waals surface area contributed by atoms with Gasteiger partial charge < -0.3 is 0 Å². The molecule has 6 heteroatoms. The lowest BCUT2D eigenvalue weighted by Gasteiger charge is -2.07. The first kappa shape index (κ1) is 13.3. The highest BCUT2D eigenvalue weighted by Crippen LogP contribution is 2.33. The number of nitrogens with zero attached hydrogens (tertiary/aromatic N) is 1. The van der Waals surface area contributed by atoms with Crippen LogP contribution in [0.2, 0.25) is 5.15 Å². The maximum atomic E-state index is 12.4. The van der Waals surface area contributed by atoms with E-state index in [9.17, 15) is 13.2 Å². The zero-order chi connectivity index (χ0) is 12.2. The molecule has 0 aliphatic carbocycles. The summed E-state index contributed by atoms with van der Waals surface area (Å²) in [5.41, 5.74) is -0.752. The molecule has 0 saturated carbocycles. The number of rotatable bonds is 1. The van der Waals surface area contributed by atoms with E-state index in [-0.39, 0.29) is 5.56 Å². The zero-order valence-electron chi connectivity index (χ0n) is 7.91. The van der Waals surface area contributed by atoms with Crippen LogP contribution in [0.1, 0.15) is 17.5 Å². The molecule has 0 radical (unpaired) electrons. The van der Waals surface area contributed by atoms with Gasteiger partial charge in [-0.05, 0) is 6.07 Å². The Hall–Kier alpha value is -0.730. The standard InChI is InChI=1S/C10H6BrClF3N/c11-4-2-1-3-7-5-8(10(13,14)15)9(12)16-6-7/h5-6H,2,4H2. The maximum Gasteiger partial charge on any atom is 0.419 e. The normalized spacial score (nSPS) is 10.8. The summed E-state index contributed by atoms with van der Waals surface area (Å²) >= 11 is 8.52. The van der Waals surface area contributed by atoms with Gasteiger partial charge in [0.15, 0.2) is 0 Å². The highest BCUT2D eigenvalue weighted by atomic mass is 79.9. The monoisotopic (exact) mass is 311 g/mol. The van der Waals surface area contributed by atoms with Crippen molar-refractivity contribution in [1.82, 2.24) is 4.98 Å². The smallest absolute Gasteiger partial charge is 0.243 e. The highest BCUT2D eigenvalue weighted by Gasteiger charge is 2.34. The zero-order valence-corrected chi connectivity index (χ0v) is 10.2. The number of halogens is 5. The van der Waals surface area contributed by atoms with Crippen molar-refractivity contribution < 1.29 is 13.2 Å². The first-order valence-electron chi connectivity index (χ1n) is 4.22. The van der Waals surface area contributed by atoms with Crippen molar-refractivity contribution in [3.05, 3.63) is 28.5 Å². The van der Waals surface area contributed by atoms with E-state index in [4.69, 9.17) is 11.6 Å². The van der Waals surface area contributed by atoms with Crippen molar-refractivity contribution in [1.29, 1.82) is 0 Å². The second-order valence-corrected chi connectivity index (χ2v) is 3.95. The van der Waals surface area contributed by atoms with Crippen LogP contribution in [0.25, 0.3) is 0 Å². The van der Waals surface area contributed by atoms with Gasteiger partial charge in [0.25, 0.3) is 0 Å². The van der Waals surface area contributed by atoms with Crippen molar-refractivity contribution in [3.63, 3.8) is 0 Å². The number of aromatic nitrogens is 1. The molecule has 86 valence electrons. The lowest BCUT2D eigenvalue weighted by molar-refractivity contribution is -0.137. The second-order valence-electron chi connectivity index (χ2n) is 2.80. The molecule has 0 saturated heterocycles. The quantitative estimate of drug-likeness (QED) is 0.435. The predicted octanol–water partition coefficient (Wildman–Crippen LogP) is 3.89. The Labute approximate surface area is 104 Å². The molecule has 0 aromatic carbocycles. The van der Waals surface area contributed by atoms with E-state index in [2.05, 4.69) is 32.8 Å². The van der Waals surface area contributed by atoms with Gasteiger partial charge in [0.05, 0.1) is 5.56 Å². The molecule has 1 rings (SSSR count). The minimum atomic E-state index is -4.50. The summed E-state index contributed by atoms with van der Waals surface area (Å²) in [4.78, 5) is 3.46. The molecule has 0 aliphatic heterocycles. The molecule has 0 aliphatic rings. The maximum absolute atomic E-state index is 12.4. The summed E-state index contributed by atoms with van der Waals surface area (Å²) in [6.07, 6.45) is -2.72. The molecule has 1 aromatic rings. The third kappa shape index (κ3) is 3.69. The van der Waals surface area contributed by atoms with E-state index in [1.807, 2.05) is 0 Å². The lowest BCUT2D eigenvalue weighted by Crippen LogP contribution is -2.07. The average Bonchev–Trinajstić information content (AvgIpc) is 2.19. The van der Waals surface area contributed by atoms with Crippen molar-refractivity contribution in [2.45, 2.75) is 12.6 Å². The summed E-state index contributed by atoms with van der Waals surface area (Å²) in [6.45, 7) is 0. The van der Waals surface area contributed by atoms with Crippen LogP contribution in [0.15, 0.2) is 12.3 Å². The molecular formula is C10H6BrClF3N. The Morgan fingerprint density at radius 2 is 2.12 bits per heavy atom. The van der Waals surface area contributed by atoms with Gasteiger partial charge in [-0.25, -0.2) is 4.98 Å². The number of hydrogen-bond donors (Lipinski definition) is 0. The largest absolute Gasteiger partial charge is 0.419 e. The SMILES string of the molecule is FC(F)(F)c1cc(C#CCCBr)cnc1Cl. The fourth-order valence-electron chi connectivity index (χ4n) is 0.927. The fourth-order valence-corrected chi connectivity index (χ4v) is 1.34. The second kappa shape index (κ2) is 5.55. The van der Waals surface area contributed by atoms with E-state index in [0.29, 0.717) is 11.8 Å². The molecule has 0 N–H and O–H groups in total. The van der Waals surface area contributed by atoms with Gasteiger partial charge >= 0.3 is 6.18 Å². The van der Waals surface area contributed by atoms with E-state index < -0.39 is 16.9 Å². The molecule has 1 aromatic heterocycles. The van der Waals surface area contributed by atoms with Crippen LogP contribution < -0.4 is 0 Å². The van der Waals surface area contributed by atoms with Crippen LogP contribution in [-0.2, 0) is 6.18 Å². The van der Waals surface area contributed by atoms with Crippen molar-refractivity contribution in [2.75, 3.05) is 5.33 Å². The third-order valence-electron chi connectivity index (χ3n) is 1.60. The molecule has 16 heavy (non-hydrogen) atoms. The summed E-state index contributed by atoms with van der Waals surface area (Å²) in [5, 5.41) is 0.117. The Morgan fingerprint density at radius 1 is 1.44 bits per heavy atom. The first-order valence-corrected chi connectivity index (χ1v) is 5.72. The Morgan fingerprint density at radius 3 is 2.69 bits per heavy atom. The molecule has 0 spiro atoms. The molecule has 0 unspecified atom stereocenters. The van der Waals surface area contributed by atoms with Gasteiger partial charge in [-0.2, -0.15) is 13.2 Å². The molecule has 0 fully saturated rings. The fraction of sp³-hybridized carbons (Fsp3) is 0.300. The van der Waals surface area contributed by atoms with Crippen LogP contribution >= 0.6 is 27.5 Å². The van der Waals surface area contributed by atoms with E-state index >= 15 is 0 Å². The minimum absolute atomic E-state index is 0.206. The molecule has 1 nitrogen and oxygen atoms in total. The average molecular weight is 313 g/mol. The van der Waals surface area contributed by atoms with Crippen LogP contribution in [0.3, 0.4) is 0 Å². The Kier molecular flexibility index (Phi) is 4.63. The van der Waals surface area contributed by atoms with E-state index in [1.54, 1.807) is 0 Å². The summed E-state index contributed by atoms with van der Waals surface area (Å²) in [7, 11) is 0. The molecule has 1 heterocycles. The highest BCUT2D eigenvalue weighted by molar-refractivity contribution is 9.09. The van der Waals surface area contributed by atoms with Crippen molar-refractivity contribution >= 4 is 27.5 Å². The lowest BCUT2D eigenvalue weighted by atomic mass is 10.2. The van der Waals surface area contributed by atoms with Crippen LogP contribution in [-0.4, -0.2) is 10.3 Å². The predicted molar refractivity (Wildman–Crippen MR) is 59.5 cm³/mol. The van der Waals surface area contributed by atoms with Crippen LogP contribution in [0, 0.1) is 11.8 Å². The van der Waals surface area contributed by atoms with Gasteiger partial charge in [0, 0.05) is 23.5 Å². The summed E-state index contributed by atoms with van der Waals surface area (Å²) in [5.74, 6) is 5.29. The number of pyridine rings is 1. The molecular weight excluding hydrogens is 306 g/mol. The summed E-state index contributed by atoms with van der Waals surface area (Å²) in [6, 6.07) is 0.899. The van der Waals surface area contributed by atoms with Gasteiger partial charge in [-0.1, -0.05) is 39.4 Å². The van der Waals surface area contributed by atoms with Gasteiger partial charge in [-0.15, -0.1) is 0 Å². The van der Waals surface area contributed by atoms with Crippen LogP contribution in [0.4, 0.5) is 13.2 Å². The van der Waals surface area contributed by atoms with Crippen molar-refractivity contribution in [3.8, 4) is 11.8 Å². The van der Waals surface area contributed by atoms with Crippen LogP contribution in [0.5, 0.6) is 0 Å². The Bertz CT molecular complexity index is 434. The molecule has 0 bridgehead atoms. The Balaban J connectivity index is 3.05. The molecule has 0 atom stereocenters. The van der Waals surface area contributed by atoms with E-state index in [0.717, 1.165) is 6.07 Å². The number of alkyl halides is 4. The van der Waals surface area contributed by atoms with Gasteiger partial charge in [0.1, 0.15) is 5.15 Å². The first-order chi connectivity index (χ1) is 7.45. The number of hydrogen-bond acceptors (Lipinski definition) is 1. The van der Waals surface area contributed by atoms with Crippen molar-refractivity contribution in [2.24, 2.45) is 0 Å². The summed E-state index contributed by atoms with van der Waals surface area (Å²) < 4.78 is 37.3. The minimum Gasteiger partial charge on any atom is -0.243 e. The topological polar surface area (TPSA) is 12.9 Å². The van der Waals surface area contributed by atoms with Gasteiger partial charge in [-0.3, -0.25) is 0 Å². The molecule has 0 amide bonds. The third-order valence-corrected chi connectivity index (χ3v) is 2.29.